The van der Waals surface area contributed by atoms with Crippen molar-refractivity contribution in [2.45, 2.75) is 32.0 Å². The molecule has 0 aromatic rings. The zero-order valence-corrected chi connectivity index (χ0v) is 10.1. The van der Waals surface area contributed by atoms with E-state index in [2.05, 4.69) is 0 Å². The molecule has 0 heterocycles. The quantitative estimate of drug-likeness (QED) is 0.513. The highest BCUT2D eigenvalue weighted by Crippen LogP contribution is 2.54. The summed E-state index contributed by atoms with van der Waals surface area (Å²) in [7, 11) is -5.38. The first-order chi connectivity index (χ1) is 7.17. The van der Waals surface area contributed by atoms with Crippen molar-refractivity contribution < 1.29 is 32.6 Å². The van der Waals surface area contributed by atoms with Gasteiger partial charge in [-0.2, -0.15) is 8.78 Å². The van der Waals surface area contributed by atoms with E-state index in [1.165, 1.54) is 0 Å². The van der Waals surface area contributed by atoms with Crippen LogP contribution in [0.5, 0.6) is 0 Å². The third kappa shape index (κ3) is 6.50. The van der Waals surface area contributed by atoms with Crippen LogP contribution in [0.15, 0.2) is 0 Å². The number of hydrogen-bond donors (Lipinski definition) is 2. The highest BCUT2D eigenvalue weighted by molar-refractivity contribution is 7.53. The second kappa shape index (κ2) is 6.61. The van der Waals surface area contributed by atoms with Crippen molar-refractivity contribution in [3.63, 3.8) is 0 Å². The maximum Gasteiger partial charge on any atom is 0.394 e. The zero-order valence-electron chi connectivity index (χ0n) is 9.23. The molecule has 8 heteroatoms. The van der Waals surface area contributed by atoms with Gasteiger partial charge in [-0.3, -0.25) is 4.57 Å². The molecule has 0 saturated heterocycles. The van der Waals surface area contributed by atoms with Crippen molar-refractivity contribution >= 4 is 7.60 Å². The molecule has 0 rings (SSSR count). The Kier molecular flexibility index (Phi) is 6.58. The number of ether oxygens (including phenoxy) is 2. The van der Waals surface area contributed by atoms with Crippen LogP contribution in [0.3, 0.4) is 0 Å². The lowest BCUT2D eigenvalue weighted by molar-refractivity contribution is -0.0109. The number of rotatable bonds is 8. The molecule has 0 radical (unpaired) electrons. The summed E-state index contributed by atoms with van der Waals surface area (Å²) in [6, 6.07) is 0. The Balaban J connectivity index is 3.63. The van der Waals surface area contributed by atoms with Crippen LogP contribution in [-0.4, -0.2) is 41.4 Å². The first-order valence-corrected chi connectivity index (χ1v) is 6.41. The van der Waals surface area contributed by atoms with Crippen molar-refractivity contribution in [1.29, 1.82) is 0 Å². The molecule has 0 unspecified atom stereocenters. The van der Waals surface area contributed by atoms with Crippen molar-refractivity contribution in [2.75, 3.05) is 19.8 Å². The van der Waals surface area contributed by atoms with Crippen LogP contribution in [-0.2, 0) is 14.0 Å². The molecule has 0 atom stereocenters. The molecule has 98 valence electrons. The Labute approximate surface area is 92.9 Å². The van der Waals surface area contributed by atoms with Crippen molar-refractivity contribution in [2.24, 2.45) is 0 Å². The molecule has 0 fully saturated rings. The zero-order chi connectivity index (χ0) is 12.8. The Bertz CT molecular complexity index is 241. The lowest BCUT2D eigenvalue weighted by Gasteiger charge is -2.17. The van der Waals surface area contributed by atoms with Crippen LogP contribution >= 0.6 is 7.60 Å². The second-order valence-corrected chi connectivity index (χ2v) is 5.23. The molecule has 0 aromatic heterocycles. The van der Waals surface area contributed by atoms with E-state index in [4.69, 9.17) is 19.3 Å². The maximum atomic E-state index is 12.7. The van der Waals surface area contributed by atoms with Gasteiger partial charge >= 0.3 is 13.3 Å². The fraction of sp³-hybridized carbons (Fsp3) is 1.00. The summed E-state index contributed by atoms with van der Waals surface area (Å²) in [5.41, 5.74) is -4.02. The highest BCUT2D eigenvalue weighted by Gasteiger charge is 2.47. The molecule has 0 aliphatic heterocycles. The van der Waals surface area contributed by atoms with Crippen LogP contribution < -0.4 is 0 Å². The minimum Gasteiger partial charge on any atom is -0.379 e. The highest BCUT2D eigenvalue weighted by atomic mass is 31.2. The molecule has 0 aliphatic carbocycles. The van der Waals surface area contributed by atoms with Gasteiger partial charge in [0.25, 0.3) is 0 Å². The van der Waals surface area contributed by atoms with Crippen LogP contribution in [0.25, 0.3) is 0 Å². The Hall–Kier alpha value is -0.0700. The summed E-state index contributed by atoms with van der Waals surface area (Å²) >= 11 is 0. The molecule has 0 spiro atoms. The fourth-order valence-corrected chi connectivity index (χ4v) is 1.17. The van der Waals surface area contributed by atoms with E-state index < -0.39 is 26.3 Å². The van der Waals surface area contributed by atoms with Crippen LogP contribution in [0, 0.1) is 0 Å². The van der Waals surface area contributed by atoms with Gasteiger partial charge in [-0.05, 0) is 13.8 Å². The first-order valence-electron chi connectivity index (χ1n) is 4.79. The minimum atomic E-state index is -5.38. The van der Waals surface area contributed by atoms with E-state index >= 15 is 0 Å². The molecular weight excluding hydrogens is 245 g/mol. The summed E-state index contributed by atoms with van der Waals surface area (Å²) in [4.78, 5) is 16.6. The lowest BCUT2D eigenvalue weighted by atomic mass is 10.5. The van der Waals surface area contributed by atoms with Gasteiger partial charge in [-0.25, -0.2) is 0 Å². The molecule has 0 saturated carbocycles. The topological polar surface area (TPSA) is 76.0 Å². The monoisotopic (exact) mass is 262 g/mol. The molecule has 2 N–H and O–H groups in total. The van der Waals surface area contributed by atoms with Gasteiger partial charge in [0.1, 0.15) is 0 Å². The normalized spacial score (nSPS) is 13.4. The van der Waals surface area contributed by atoms with Crippen molar-refractivity contribution in [3.05, 3.63) is 0 Å². The molecule has 0 aromatic carbocycles. The third-order valence-electron chi connectivity index (χ3n) is 1.65. The summed E-state index contributed by atoms with van der Waals surface area (Å²) in [6.07, 6.45) is -0.973. The Morgan fingerprint density at radius 2 is 1.81 bits per heavy atom. The van der Waals surface area contributed by atoms with E-state index in [0.717, 1.165) is 0 Å². The summed E-state index contributed by atoms with van der Waals surface area (Å²) < 4.78 is 45.6. The van der Waals surface area contributed by atoms with Crippen molar-refractivity contribution in [3.8, 4) is 0 Å². The number of alkyl halides is 2. The van der Waals surface area contributed by atoms with Gasteiger partial charge in [0.15, 0.2) is 0 Å². The number of halogens is 2. The van der Waals surface area contributed by atoms with Gasteiger partial charge < -0.3 is 19.3 Å². The van der Waals surface area contributed by atoms with E-state index in [0.29, 0.717) is 0 Å². The first kappa shape index (κ1) is 15.9. The standard InChI is InChI=1S/C8H17F2O5P/c1-7(2)15-6-5-14-4-3-8(9,10)16(11,12)13/h7H,3-6H2,1-2H3,(H2,11,12,13). The van der Waals surface area contributed by atoms with Crippen LogP contribution in [0.4, 0.5) is 8.78 Å². The predicted molar refractivity (Wildman–Crippen MR) is 53.5 cm³/mol. The molecule has 16 heavy (non-hydrogen) atoms. The molecule has 0 bridgehead atoms. The average Bonchev–Trinajstić information content (AvgIpc) is 2.08. The van der Waals surface area contributed by atoms with Crippen LogP contribution in [0.2, 0.25) is 0 Å². The van der Waals surface area contributed by atoms with Crippen molar-refractivity contribution in [1.82, 2.24) is 0 Å². The molecule has 5 nitrogen and oxygen atoms in total. The third-order valence-corrected chi connectivity index (χ3v) is 2.73. The van der Waals surface area contributed by atoms with E-state index in [9.17, 15) is 13.3 Å². The summed E-state index contributed by atoms with van der Waals surface area (Å²) in [6.45, 7) is 3.61. The molecule has 0 aliphatic rings. The molecular formula is C8H17F2O5P. The van der Waals surface area contributed by atoms with Gasteiger partial charge in [0.2, 0.25) is 0 Å². The smallest absolute Gasteiger partial charge is 0.379 e. The predicted octanol–water partition coefficient (Wildman–Crippen LogP) is 1.59. The molecule has 0 amide bonds. The fourth-order valence-electron chi connectivity index (χ4n) is 0.785. The largest absolute Gasteiger partial charge is 0.394 e. The van der Waals surface area contributed by atoms with E-state index in [1.807, 2.05) is 13.8 Å². The summed E-state index contributed by atoms with van der Waals surface area (Å²) in [5, 5.41) is 0. The summed E-state index contributed by atoms with van der Waals surface area (Å²) in [5.74, 6) is 0. The SMILES string of the molecule is CC(C)OCCOCCC(F)(F)P(=O)(O)O. The van der Waals surface area contributed by atoms with E-state index in [-0.39, 0.29) is 19.3 Å². The van der Waals surface area contributed by atoms with E-state index in [1.54, 1.807) is 0 Å². The van der Waals surface area contributed by atoms with Crippen LogP contribution in [0.1, 0.15) is 20.3 Å². The maximum absolute atomic E-state index is 12.7. The Morgan fingerprint density at radius 1 is 1.25 bits per heavy atom. The second-order valence-electron chi connectivity index (χ2n) is 3.49. The minimum absolute atomic E-state index is 0.0279. The van der Waals surface area contributed by atoms with Gasteiger partial charge in [0, 0.05) is 6.42 Å². The Morgan fingerprint density at radius 3 is 2.25 bits per heavy atom. The average molecular weight is 262 g/mol. The van der Waals surface area contributed by atoms with Gasteiger partial charge in [-0.15, -0.1) is 0 Å². The van der Waals surface area contributed by atoms with Gasteiger partial charge in [-0.1, -0.05) is 0 Å². The van der Waals surface area contributed by atoms with Gasteiger partial charge in [0.05, 0.1) is 25.9 Å². The number of hydrogen-bond acceptors (Lipinski definition) is 3. The lowest BCUT2D eigenvalue weighted by Crippen LogP contribution is -2.20.